The van der Waals surface area contributed by atoms with Crippen molar-refractivity contribution >= 4 is 21.7 Å². The van der Waals surface area contributed by atoms with E-state index in [2.05, 4.69) is 10.4 Å². The number of sulfonamides is 1. The smallest absolute Gasteiger partial charge is 0.322 e. The van der Waals surface area contributed by atoms with E-state index in [0.717, 1.165) is 0 Å². The Bertz CT molecular complexity index is 642. The van der Waals surface area contributed by atoms with Gasteiger partial charge >= 0.3 is 6.03 Å². The van der Waals surface area contributed by atoms with Gasteiger partial charge in [0.05, 0.1) is 19.6 Å². The van der Waals surface area contributed by atoms with Crippen LogP contribution < -0.4 is 10.1 Å². The van der Waals surface area contributed by atoms with Crippen LogP contribution in [0, 0.1) is 0 Å². The number of urea groups is 1. The molecule has 0 bridgehead atoms. The Hall–Kier alpha value is -1.81. The summed E-state index contributed by atoms with van der Waals surface area (Å²) in [6.07, 6.45) is 3.44. The van der Waals surface area contributed by atoms with Gasteiger partial charge in [-0.25, -0.2) is 17.5 Å². The first-order chi connectivity index (χ1) is 10.3. The summed E-state index contributed by atoms with van der Waals surface area (Å²) in [6.45, 7) is 1.58. The number of amides is 2. The number of carbonyl (C=O) groups is 1. The molecule has 1 aliphatic rings. The van der Waals surface area contributed by atoms with Crippen LogP contribution in [0.15, 0.2) is 6.20 Å². The molecule has 1 N–H and O–H groups in total. The van der Waals surface area contributed by atoms with Gasteiger partial charge in [0.15, 0.2) is 0 Å². The highest BCUT2D eigenvalue weighted by Gasteiger charge is 2.24. The predicted octanol–water partition coefficient (Wildman–Crippen LogP) is -0.0721. The fourth-order valence-corrected chi connectivity index (χ4v) is 3.20. The van der Waals surface area contributed by atoms with Gasteiger partial charge in [-0.15, -0.1) is 5.10 Å². The van der Waals surface area contributed by atoms with Gasteiger partial charge in [0, 0.05) is 33.2 Å². The minimum absolute atomic E-state index is 0.290. The molecule has 2 heterocycles. The van der Waals surface area contributed by atoms with Gasteiger partial charge in [0.25, 0.3) is 5.88 Å². The first kappa shape index (κ1) is 16.6. The van der Waals surface area contributed by atoms with Crippen LogP contribution in [0.1, 0.15) is 6.42 Å². The van der Waals surface area contributed by atoms with Crippen LogP contribution >= 0.6 is 0 Å². The standard InChI is InChI=1S/C12H21N5O4S/c1-15-9-10(11(14-15)21-2)13-12(18)16-5-4-6-17(8-7-16)22(3,19)20/h9H,4-8H2,1-3H3,(H,13,18). The number of rotatable bonds is 3. The second-order valence-electron chi connectivity index (χ2n) is 5.16. The van der Waals surface area contributed by atoms with E-state index in [4.69, 9.17) is 4.74 Å². The Morgan fingerprint density at radius 3 is 2.68 bits per heavy atom. The molecule has 2 amide bonds. The summed E-state index contributed by atoms with van der Waals surface area (Å²) in [6, 6.07) is -0.290. The summed E-state index contributed by atoms with van der Waals surface area (Å²) < 4.78 is 31.2. The quantitative estimate of drug-likeness (QED) is 0.836. The summed E-state index contributed by atoms with van der Waals surface area (Å²) in [7, 11) is -0.0126. The molecular weight excluding hydrogens is 310 g/mol. The van der Waals surface area contributed by atoms with E-state index in [0.29, 0.717) is 44.2 Å². The lowest BCUT2D eigenvalue weighted by atomic mass is 10.4. The fraction of sp³-hybridized carbons (Fsp3) is 0.667. The maximum absolute atomic E-state index is 12.3. The first-order valence-corrected chi connectivity index (χ1v) is 8.75. The van der Waals surface area contributed by atoms with Gasteiger partial charge in [-0.1, -0.05) is 0 Å². The Morgan fingerprint density at radius 1 is 1.32 bits per heavy atom. The Labute approximate surface area is 129 Å². The summed E-state index contributed by atoms with van der Waals surface area (Å²) in [5, 5.41) is 6.81. The molecule has 10 heteroatoms. The zero-order valence-corrected chi connectivity index (χ0v) is 13.8. The molecule has 1 aromatic heterocycles. The topological polar surface area (TPSA) is 96.8 Å². The average molecular weight is 331 g/mol. The van der Waals surface area contributed by atoms with E-state index < -0.39 is 10.0 Å². The molecular formula is C12H21N5O4S. The van der Waals surface area contributed by atoms with Gasteiger partial charge in [-0.3, -0.25) is 4.68 Å². The van der Waals surface area contributed by atoms with E-state index >= 15 is 0 Å². The molecule has 2 rings (SSSR count). The second kappa shape index (κ2) is 6.53. The highest BCUT2D eigenvalue weighted by molar-refractivity contribution is 7.88. The lowest BCUT2D eigenvalue weighted by Gasteiger charge is -2.21. The van der Waals surface area contributed by atoms with Crippen molar-refractivity contribution in [2.45, 2.75) is 6.42 Å². The molecule has 1 aromatic rings. The third-order valence-corrected chi connectivity index (χ3v) is 4.74. The average Bonchev–Trinajstić information content (AvgIpc) is 2.65. The maximum Gasteiger partial charge on any atom is 0.322 e. The molecule has 124 valence electrons. The molecule has 0 radical (unpaired) electrons. The number of hydrogen-bond donors (Lipinski definition) is 1. The van der Waals surface area contributed by atoms with Crippen molar-refractivity contribution in [3.63, 3.8) is 0 Å². The second-order valence-corrected chi connectivity index (χ2v) is 7.14. The van der Waals surface area contributed by atoms with Crippen molar-refractivity contribution in [2.75, 3.05) is 44.9 Å². The number of nitrogens with zero attached hydrogens (tertiary/aromatic N) is 4. The van der Waals surface area contributed by atoms with Crippen LogP contribution in [-0.4, -0.2) is 73.0 Å². The third-order valence-electron chi connectivity index (χ3n) is 3.44. The lowest BCUT2D eigenvalue weighted by molar-refractivity contribution is 0.214. The molecule has 0 aromatic carbocycles. The van der Waals surface area contributed by atoms with Crippen molar-refractivity contribution in [3.8, 4) is 5.88 Å². The molecule has 1 saturated heterocycles. The van der Waals surface area contributed by atoms with E-state index in [1.165, 1.54) is 17.7 Å². The van der Waals surface area contributed by atoms with E-state index in [9.17, 15) is 13.2 Å². The summed E-state index contributed by atoms with van der Waals surface area (Å²) in [5.74, 6) is 0.337. The largest absolute Gasteiger partial charge is 0.478 e. The zero-order chi connectivity index (χ0) is 16.3. The molecule has 0 saturated carbocycles. The first-order valence-electron chi connectivity index (χ1n) is 6.90. The summed E-state index contributed by atoms with van der Waals surface area (Å²) >= 11 is 0. The summed E-state index contributed by atoms with van der Waals surface area (Å²) in [5.41, 5.74) is 0.485. The number of aryl methyl sites for hydroxylation is 1. The highest BCUT2D eigenvalue weighted by atomic mass is 32.2. The van der Waals surface area contributed by atoms with Crippen LogP contribution in [0.3, 0.4) is 0 Å². The van der Waals surface area contributed by atoms with Crippen molar-refractivity contribution in [2.24, 2.45) is 7.05 Å². The number of carbonyl (C=O) groups excluding carboxylic acids is 1. The molecule has 0 atom stereocenters. The van der Waals surface area contributed by atoms with E-state index in [1.54, 1.807) is 22.8 Å². The number of ether oxygens (including phenoxy) is 1. The molecule has 1 aliphatic heterocycles. The van der Waals surface area contributed by atoms with Crippen LogP contribution in [0.25, 0.3) is 0 Å². The predicted molar refractivity (Wildman–Crippen MR) is 81.4 cm³/mol. The van der Waals surface area contributed by atoms with Crippen LogP contribution in [-0.2, 0) is 17.1 Å². The maximum atomic E-state index is 12.3. The lowest BCUT2D eigenvalue weighted by Crippen LogP contribution is -2.39. The third kappa shape index (κ3) is 3.89. The minimum atomic E-state index is -3.22. The number of anilines is 1. The van der Waals surface area contributed by atoms with Crippen molar-refractivity contribution in [1.82, 2.24) is 19.0 Å². The molecule has 0 unspecified atom stereocenters. The van der Waals surface area contributed by atoms with Crippen LogP contribution in [0.2, 0.25) is 0 Å². The zero-order valence-electron chi connectivity index (χ0n) is 12.9. The summed E-state index contributed by atoms with van der Waals surface area (Å²) in [4.78, 5) is 13.9. The molecule has 0 spiro atoms. The van der Waals surface area contributed by atoms with Gasteiger partial charge in [-0.05, 0) is 6.42 Å². The van der Waals surface area contributed by atoms with Crippen LogP contribution in [0.4, 0.5) is 10.5 Å². The molecule has 1 fully saturated rings. The molecule has 9 nitrogen and oxygen atoms in total. The SMILES string of the molecule is COc1nn(C)cc1NC(=O)N1CCCN(S(C)(=O)=O)CC1. The van der Waals surface area contributed by atoms with E-state index in [1.807, 2.05) is 0 Å². The van der Waals surface area contributed by atoms with Crippen molar-refractivity contribution in [1.29, 1.82) is 0 Å². The Balaban J connectivity index is 2.01. The van der Waals surface area contributed by atoms with Crippen molar-refractivity contribution < 1.29 is 17.9 Å². The minimum Gasteiger partial charge on any atom is -0.478 e. The fourth-order valence-electron chi connectivity index (χ4n) is 2.33. The number of nitrogens with one attached hydrogen (secondary N) is 1. The number of hydrogen-bond acceptors (Lipinski definition) is 5. The Morgan fingerprint density at radius 2 is 2.05 bits per heavy atom. The van der Waals surface area contributed by atoms with Gasteiger partial charge < -0.3 is 15.0 Å². The van der Waals surface area contributed by atoms with Gasteiger partial charge in [0.2, 0.25) is 10.0 Å². The number of methoxy groups -OCH3 is 1. The number of aromatic nitrogens is 2. The van der Waals surface area contributed by atoms with E-state index in [-0.39, 0.29) is 6.03 Å². The molecule has 0 aliphatic carbocycles. The Kier molecular flexibility index (Phi) is 4.91. The monoisotopic (exact) mass is 331 g/mol. The highest BCUT2D eigenvalue weighted by Crippen LogP contribution is 2.21. The van der Waals surface area contributed by atoms with Gasteiger partial charge in [0.1, 0.15) is 5.69 Å². The normalized spacial score (nSPS) is 17.1. The van der Waals surface area contributed by atoms with Crippen molar-refractivity contribution in [3.05, 3.63) is 6.20 Å². The van der Waals surface area contributed by atoms with Crippen LogP contribution in [0.5, 0.6) is 5.88 Å². The van der Waals surface area contributed by atoms with Gasteiger partial charge in [-0.2, -0.15) is 0 Å². The molecule has 22 heavy (non-hydrogen) atoms.